The number of amides is 4. The number of hydrogen-bond acceptors (Lipinski definition) is 7. The fraction of sp³-hybridized carbons (Fsp3) is 0.542. The lowest BCUT2D eigenvalue weighted by Crippen LogP contribution is -2.52. The van der Waals surface area contributed by atoms with E-state index in [0.29, 0.717) is 42.6 Å². The standard InChI is InChI=1S/C24H32N4O7/c1-24(2,3)35-23(34)25-11-5-4-6-17(22(32)33)26-15-7-8-16-14(12-15)13-28(21(16)31)18-9-10-19(29)27-20(18)30/h7-8,12,17-18,26H,4-6,9-11,13H2,1-3H3,(H,25,34)(H,32,33)(H,27,29,30)/t17-,18?/m0/s1. The Balaban J connectivity index is 1.53. The predicted octanol–water partition coefficient (Wildman–Crippen LogP) is 2.01. The van der Waals surface area contributed by atoms with E-state index in [1.165, 1.54) is 4.90 Å². The lowest BCUT2D eigenvalue weighted by molar-refractivity contribution is -0.138. The minimum absolute atomic E-state index is 0.178. The number of benzene rings is 1. The molecule has 0 saturated carbocycles. The van der Waals surface area contributed by atoms with E-state index in [0.717, 1.165) is 0 Å². The summed E-state index contributed by atoms with van der Waals surface area (Å²) < 4.78 is 5.16. The third kappa shape index (κ3) is 6.93. The monoisotopic (exact) mass is 488 g/mol. The van der Waals surface area contributed by atoms with E-state index in [9.17, 15) is 29.1 Å². The molecule has 0 aromatic heterocycles. The number of rotatable bonds is 9. The lowest BCUT2D eigenvalue weighted by Gasteiger charge is -2.29. The zero-order valence-corrected chi connectivity index (χ0v) is 20.2. The van der Waals surface area contributed by atoms with E-state index >= 15 is 0 Å². The van der Waals surface area contributed by atoms with Crippen molar-refractivity contribution in [2.75, 3.05) is 11.9 Å². The van der Waals surface area contributed by atoms with Gasteiger partial charge in [-0.05, 0) is 70.2 Å². The van der Waals surface area contributed by atoms with Gasteiger partial charge in [0.1, 0.15) is 17.7 Å². The van der Waals surface area contributed by atoms with Gasteiger partial charge in [-0.25, -0.2) is 9.59 Å². The van der Waals surface area contributed by atoms with Crippen molar-refractivity contribution in [1.82, 2.24) is 15.5 Å². The Hall–Kier alpha value is -3.63. The molecule has 0 aliphatic carbocycles. The molecule has 2 aliphatic heterocycles. The Bertz CT molecular complexity index is 1020. The molecule has 2 aliphatic rings. The Morgan fingerprint density at radius 3 is 2.63 bits per heavy atom. The Kier molecular flexibility index (Phi) is 7.98. The average molecular weight is 489 g/mol. The molecular weight excluding hydrogens is 456 g/mol. The molecule has 1 saturated heterocycles. The number of unbranched alkanes of at least 4 members (excludes halogenated alkanes) is 1. The fourth-order valence-electron chi connectivity index (χ4n) is 4.10. The summed E-state index contributed by atoms with van der Waals surface area (Å²) in [5.74, 6) is -2.12. The molecular formula is C24H32N4O7. The van der Waals surface area contributed by atoms with Gasteiger partial charge in [-0.1, -0.05) is 0 Å². The molecule has 4 amide bonds. The maximum absolute atomic E-state index is 12.8. The number of fused-ring (bicyclic) bond motifs is 1. The zero-order valence-electron chi connectivity index (χ0n) is 20.2. The number of carboxylic acids is 1. The van der Waals surface area contributed by atoms with Crippen molar-refractivity contribution in [1.29, 1.82) is 0 Å². The summed E-state index contributed by atoms with van der Waals surface area (Å²) in [6.45, 7) is 5.91. The van der Waals surface area contributed by atoms with E-state index < -0.39 is 35.7 Å². The van der Waals surface area contributed by atoms with Crippen LogP contribution in [0.25, 0.3) is 0 Å². The van der Waals surface area contributed by atoms with Crippen LogP contribution in [0.15, 0.2) is 18.2 Å². The molecule has 0 bridgehead atoms. The van der Waals surface area contributed by atoms with Crippen LogP contribution in [0.1, 0.15) is 68.8 Å². The molecule has 0 radical (unpaired) electrons. The Morgan fingerprint density at radius 2 is 1.97 bits per heavy atom. The third-order valence-electron chi connectivity index (χ3n) is 5.75. The summed E-state index contributed by atoms with van der Waals surface area (Å²) in [5, 5.41) is 17.5. The van der Waals surface area contributed by atoms with Crippen molar-refractivity contribution in [3.05, 3.63) is 29.3 Å². The van der Waals surface area contributed by atoms with E-state index in [1.54, 1.807) is 39.0 Å². The maximum atomic E-state index is 12.8. The fourth-order valence-corrected chi connectivity index (χ4v) is 4.10. The molecule has 1 fully saturated rings. The summed E-state index contributed by atoms with van der Waals surface area (Å²) in [7, 11) is 0. The van der Waals surface area contributed by atoms with Crippen molar-refractivity contribution < 1.29 is 33.8 Å². The van der Waals surface area contributed by atoms with Gasteiger partial charge in [-0.15, -0.1) is 0 Å². The van der Waals surface area contributed by atoms with Crippen LogP contribution in [0.3, 0.4) is 0 Å². The second kappa shape index (κ2) is 10.7. The average Bonchev–Trinajstić information content (AvgIpc) is 3.07. The first kappa shape index (κ1) is 26.0. The van der Waals surface area contributed by atoms with Crippen LogP contribution in [0.2, 0.25) is 0 Å². The number of anilines is 1. The predicted molar refractivity (Wildman–Crippen MR) is 126 cm³/mol. The molecule has 3 rings (SSSR count). The molecule has 2 atom stereocenters. The van der Waals surface area contributed by atoms with Crippen LogP contribution < -0.4 is 16.0 Å². The van der Waals surface area contributed by atoms with Crippen LogP contribution in [0, 0.1) is 0 Å². The number of carbonyl (C=O) groups excluding carboxylic acids is 4. The number of piperidine rings is 1. The lowest BCUT2D eigenvalue weighted by atomic mass is 10.0. The molecule has 35 heavy (non-hydrogen) atoms. The number of imide groups is 1. The highest BCUT2D eigenvalue weighted by Gasteiger charge is 2.39. The number of aliphatic carboxylic acids is 1. The van der Waals surface area contributed by atoms with E-state index in [4.69, 9.17) is 4.74 Å². The first-order chi connectivity index (χ1) is 16.4. The second-order valence-corrected chi connectivity index (χ2v) is 9.73. The maximum Gasteiger partial charge on any atom is 0.407 e. The first-order valence-corrected chi connectivity index (χ1v) is 11.7. The first-order valence-electron chi connectivity index (χ1n) is 11.7. The van der Waals surface area contributed by atoms with Crippen molar-refractivity contribution in [3.8, 4) is 0 Å². The van der Waals surface area contributed by atoms with Gasteiger partial charge in [0.25, 0.3) is 5.91 Å². The Labute approximate surface area is 203 Å². The van der Waals surface area contributed by atoms with Crippen molar-refractivity contribution >= 4 is 35.5 Å². The largest absolute Gasteiger partial charge is 0.480 e. The summed E-state index contributed by atoms with van der Waals surface area (Å²) in [6, 6.07) is 3.43. The molecule has 1 aromatic carbocycles. The number of carboxylic acid groups (broad SMARTS) is 1. The molecule has 2 heterocycles. The van der Waals surface area contributed by atoms with Crippen molar-refractivity contribution in [3.63, 3.8) is 0 Å². The minimum Gasteiger partial charge on any atom is -0.480 e. The number of hydrogen-bond donors (Lipinski definition) is 4. The molecule has 0 spiro atoms. The minimum atomic E-state index is -1.01. The van der Waals surface area contributed by atoms with Gasteiger partial charge >= 0.3 is 12.1 Å². The number of nitrogens with zero attached hydrogens (tertiary/aromatic N) is 1. The number of carbonyl (C=O) groups is 5. The van der Waals surface area contributed by atoms with E-state index in [2.05, 4.69) is 16.0 Å². The van der Waals surface area contributed by atoms with Crippen LogP contribution in [0.4, 0.5) is 10.5 Å². The summed E-state index contributed by atoms with van der Waals surface area (Å²) in [4.78, 5) is 61.3. The van der Waals surface area contributed by atoms with Crippen molar-refractivity contribution in [2.24, 2.45) is 0 Å². The number of ether oxygens (including phenoxy) is 1. The molecule has 11 nitrogen and oxygen atoms in total. The summed E-state index contributed by atoms with van der Waals surface area (Å²) >= 11 is 0. The van der Waals surface area contributed by atoms with Gasteiger partial charge in [-0.3, -0.25) is 19.7 Å². The molecule has 1 unspecified atom stereocenters. The van der Waals surface area contributed by atoms with Crippen LogP contribution in [0.5, 0.6) is 0 Å². The second-order valence-electron chi connectivity index (χ2n) is 9.73. The van der Waals surface area contributed by atoms with E-state index in [-0.39, 0.29) is 31.2 Å². The quantitative estimate of drug-likeness (QED) is 0.304. The van der Waals surface area contributed by atoms with Gasteiger partial charge in [0, 0.05) is 30.8 Å². The number of nitrogens with one attached hydrogen (secondary N) is 3. The highest BCUT2D eigenvalue weighted by Crippen LogP contribution is 2.29. The van der Waals surface area contributed by atoms with Crippen LogP contribution >= 0.6 is 0 Å². The van der Waals surface area contributed by atoms with Crippen molar-refractivity contribution in [2.45, 2.75) is 77.1 Å². The number of alkyl carbamates (subject to hydrolysis) is 1. The highest BCUT2D eigenvalue weighted by molar-refractivity contribution is 6.05. The van der Waals surface area contributed by atoms with Gasteiger partial charge in [0.2, 0.25) is 11.8 Å². The normalized spacial score (nSPS) is 18.5. The third-order valence-corrected chi connectivity index (χ3v) is 5.75. The molecule has 190 valence electrons. The van der Waals surface area contributed by atoms with E-state index in [1.807, 2.05) is 0 Å². The van der Waals surface area contributed by atoms with Gasteiger partial charge in [0.05, 0.1) is 0 Å². The highest BCUT2D eigenvalue weighted by atomic mass is 16.6. The molecule has 4 N–H and O–H groups in total. The molecule has 11 heteroatoms. The van der Waals surface area contributed by atoms with Crippen LogP contribution in [-0.4, -0.2) is 64.0 Å². The molecule has 1 aromatic rings. The Morgan fingerprint density at radius 1 is 1.23 bits per heavy atom. The topological polar surface area (TPSA) is 154 Å². The van der Waals surface area contributed by atoms with Crippen LogP contribution in [-0.2, 0) is 25.7 Å². The SMILES string of the molecule is CC(C)(C)OC(=O)NCCCC[C@H](Nc1ccc2c(c1)CN(C1CCC(=O)NC1=O)C2=O)C(=O)O. The summed E-state index contributed by atoms with van der Waals surface area (Å²) in [5.41, 5.74) is 1.12. The smallest absolute Gasteiger partial charge is 0.407 e. The van der Waals surface area contributed by atoms with Gasteiger partial charge in [0.15, 0.2) is 0 Å². The summed E-state index contributed by atoms with van der Waals surface area (Å²) in [6.07, 6.45) is 1.43. The zero-order chi connectivity index (χ0) is 25.8. The van der Waals surface area contributed by atoms with Gasteiger partial charge < -0.3 is 25.4 Å². The van der Waals surface area contributed by atoms with Gasteiger partial charge in [-0.2, -0.15) is 0 Å².